The van der Waals surface area contributed by atoms with Crippen LogP contribution < -0.4 is 5.32 Å². The van der Waals surface area contributed by atoms with Gasteiger partial charge in [-0.05, 0) is 32.6 Å². The van der Waals surface area contributed by atoms with Gasteiger partial charge in [-0.2, -0.15) is 0 Å². The summed E-state index contributed by atoms with van der Waals surface area (Å²) in [6, 6.07) is 0.214. The first-order valence-corrected chi connectivity index (χ1v) is 5.76. The summed E-state index contributed by atoms with van der Waals surface area (Å²) in [5.41, 5.74) is 0. The van der Waals surface area contributed by atoms with Gasteiger partial charge in [-0.15, -0.1) is 0 Å². The van der Waals surface area contributed by atoms with Crippen LogP contribution in [0.2, 0.25) is 0 Å². The lowest BCUT2D eigenvalue weighted by molar-refractivity contribution is -0.253. The van der Waals surface area contributed by atoms with Crippen LogP contribution in [-0.4, -0.2) is 42.8 Å². The summed E-state index contributed by atoms with van der Waals surface area (Å²) in [5.74, 6) is 0.0761. The Morgan fingerprint density at radius 3 is 2.47 bits per heavy atom. The van der Waals surface area contributed by atoms with Crippen molar-refractivity contribution in [3.8, 4) is 0 Å². The summed E-state index contributed by atoms with van der Waals surface area (Å²) < 4.78 is 11.0. The molecule has 1 heterocycles. The molecule has 0 spiro atoms. The van der Waals surface area contributed by atoms with Crippen LogP contribution in [0, 0.1) is 5.92 Å². The van der Waals surface area contributed by atoms with Crippen molar-refractivity contribution in [3.63, 3.8) is 0 Å². The van der Waals surface area contributed by atoms with E-state index in [-0.39, 0.29) is 12.1 Å². The molecule has 0 amide bonds. The van der Waals surface area contributed by atoms with E-state index in [1.165, 1.54) is 12.8 Å². The number of hydrogen-bond acceptors (Lipinski definition) is 4. The van der Waals surface area contributed by atoms with E-state index in [0.29, 0.717) is 25.7 Å². The van der Waals surface area contributed by atoms with Gasteiger partial charge in [0.15, 0.2) is 5.79 Å². The zero-order chi connectivity index (χ0) is 10.9. The van der Waals surface area contributed by atoms with E-state index in [0.717, 1.165) is 0 Å². The van der Waals surface area contributed by atoms with Crippen LogP contribution >= 0.6 is 0 Å². The molecule has 15 heavy (non-hydrogen) atoms. The molecule has 1 saturated carbocycles. The Morgan fingerprint density at radius 1 is 1.33 bits per heavy atom. The van der Waals surface area contributed by atoms with Crippen molar-refractivity contribution in [2.75, 3.05) is 19.8 Å². The molecule has 0 aromatic heterocycles. The van der Waals surface area contributed by atoms with Gasteiger partial charge in [-0.25, -0.2) is 0 Å². The third kappa shape index (κ3) is 3.41. The molecule has 1 aliphatic carbocycles. The van der Waals surface area contributed by atoms with E-state index < -0.39 is 5.79 Å². The quantitative estimate of drug-likeness (QED) is 0.717. The lowest BCUT2D eigenvalue weighted by atomic mass is 10.2. The molecule has 1 atom stereocenters. The van der Waals surface area contributed by atoms with E-state index in [1.54, 1.807) is 0 Å². The van der Waals surface area contributed by atoms with Crippen LogP contribution in [-0.2, 0) is 9.47 Å². The molecule has 4 nitrogen and oxygen atoms in total. The molecule has 2 N–H and O–H groups in total. The molecule has 2 fully saturated rings. The third-order valence-corrected chi connectivity index (χ3v) is 3.05. The van der Waals surface area contributed by atoms with Crippen LogP contribution in [0.15, 0.2) is 0 Å². The minimum Gasteiger partial charge on any atom is -0.392 e. The Labute approximate surface area is 90.9 Å². The molecule has 1 unspecified atom stereocenters. The summed E-state index contributed by atoms with van der Waals surface area (Å²) in [5, 5.41) is 13.0. The van der Waals surface area contributed by atoms with Crippen molar-refractivity contribution < 1.29 is 14.6 Å². The molecule has 2 aliphatic rings. The van der Waals surface area contributed by atoms with E-state index in [9.17, 15) is 5.11 Å². The van der Waals surface area contributed by atoms with Gasteiger partial charge in [-0.3, -0.25) is 0 Å². The normalized spacial score (nSPS) is 29.0. The highest BCUT2D eigenvalue weighted by atomic mass is 16.7. The molecule has 2 rings (SSSR count). The number of aliphatic hydroxyl groups excluding tert-OH is 1. The monoisotopic (exact) mass is 215 g/mol. The van der Waals surface area contributed by atoms with Crippen LogP contribution in [0.3, 0.4) is 0 Å². The molecule has 1 saturated heterocycles. The molecule has 1 aliphatic heterocycles. The first-order valence-electron chi connectivity index (χ1n) is 5.76. The second-order valence-electron chi connectivity index (χ2n) is 5.03. The van der Waals surface area contributed by atoms with Gasteiger partial charge < -0.3 is 19.9 Å². The molecule has 0 aromatic carbocycles. The van der Waals surface area contributed by atoms with Crippen molar-refractivity contribution in [3.05, 3.63) is 0 Å². The van der Waals surface area contributed by atoms with E-state index >= 15 is 0 Å². The third-order valence-electron chi connectivity index (χ3n) is 3.05. The van der Waals surface area contributed by atoms with Gasteiger partial charge in [0.25, 0.3) is 0 Å². The van der Waals surface area contributed by atoms with Crippen molar-refractivity contribution >= 4 is 0 Å². The Balaban J connectivity index is 1.63. The van der Waals surface area contributed by atoms with Gasteiger partial charge in [0, 0.05) is 6.54 Å². The van der Waals surface area contributed by atoms with Crippen molar-refractivity contribution in [2.24, 2.45) is 5.92 Å². The smallest absolute Gasteiger partial charge is 0.162 e. The second kappa shape index (κ2) is 4.37. The number of rotatable bonds is 4. The summed E-state index contributed by atoms with van der Waals surface area (Å²) >= 11 is 0. The number of aliphatic hydroxyl groups is 1. The predicted octanol–water partition coefficient (Wildman–Crippen LogP) is 0.498. The largest absolute Gasteiger partial charge is 0.392 e. The topological polar surface area (TPSA) is 50.7 Å². The van der Waals surface area contributed by atoms with Crippen LogP contribution in [0.5, 0.6) is 0 Å². The van der Waals surface area contributed by atoms with E-state index in [1.807, 2.05) is 13.8 Å². The Kier molecular flexibility index (Phi) is 3.30. The first kappa shape index (κ1) is 11.3. The highest BCUT2D eigenvalue weighted by Crippen LogP contribution is 2.32. The van der Waals surface area contributed by atoms with Crippen LogP contribution in [0.4, 0.5) is 0 Å². The fourth-order valence-electron chi connectivity index (χ4n) is 1.75. The minimum atomic E-state index is -0.451. The van der Waals surface area contributed by atoms with Crippen molar-refractivity contribution in [2.45, 2.75) is 44.6 Å². The van der Waals surface area contributed by atoms with Crippen LogP contribution in [0.1, 0.15) is 26.7 Å². The Hall–Kier alpha value is -0.160. The maximum Gasteiger partial charge on any atom is 0.162 e. The molecule has 0 aromatic rings. The van der Waals surface area contributed by atoms with Gasteiger partial charge in [0.2, 0.25) is 0 Å². The van der Waals surface area contributed by atoms with Gasteiger partial charge >= 0.3 is 0 Å². The maximum atomic E-state index is 9.68. The molecular formula is C11H21NO3. The van der Waals surface area contributed by atoms with Crippen LogP contribution in [0.25, 0.3) is 0 Å². The summed E-state index contributed by atoms with van der Waals surface area (Å²) in [4.78, 5) is 0. The maximum absolute atomic E-state index is 9.68. The lowest BCUT2D eigenvalue weighted by Crippen LogP contribution is -2.50. The average molecular weight is 215 g/mol. The zero-order valence-corrected chi connectivity index (χ0v) is 9.53. The predicted molar refractivity (Wildman–Crippen MR) is 56.5 cm³/mol. The minimum absolute atomic E-state index is 0.195. The highest BCUT2D eigenvalue weighted by Gasteiger charge is 2.31. The zero-order valence-electron chi connectivity index (χ0n) is 9.53. The van der Waals surface area contributed by atoms with E-state index in [2.05, 4.69) is 5.32 Å². The number of hydrogen-bond donors (Lipinski definition) is 2. The fraction of sp³-hybridized carbons (Fsp3) is 1.00. The van der Waals surface area contributed by atoms with Gasteiger partial charge in [-0.1, -0.05) is 0 Å². The standard InChI is InChI=1S/C11H21NO3/c1-11(2)14-6-9(7-15-11)12-5-10(13)8-3-4-8/h8-10,12-13H,3-7H2,1-2H3. The lowest BCUT2D eigenvalue weighted by Gasteiger charge is -2.35. The van der Waals surface area contributed by atoms with Gasteiger partial charge in [0.1, 0.15) is 0 Å². The molecule has 88 valence electrons. The SMILES string of the molecule is CC1(C)OCC(NCC(O)C2CC2)CO1. The van der Waals surface area contributed by atoms with Crippen molar-refractivity contribution in [1.29, 1.82) is 0 Å². The highest BCUT2D eigenvalue weighted by molar-refractivity contribution is 4.83. The average Bonchev–Trinajstić information content (AvgIpc) is 2.99. The Morgan fingerprint density at radius 2 is 1.93 bits per heavy atom. The summed E-state index contributed by atoms with van der Waals surface area (Å²) in [6.45, 7) is 5.81. The summed E-state index contributed by atoms with van der Waals surface area (Å²) in [6.07, 6.45) is 2.15. The fourth-order valence-corrected chi connectivity index (χ4v) is 1.75. The molecule has 4 heteroatoms. The summed E-state index contributed by atoms with van der Waals surface area (Å²) in [7, 11) is 0. The molecule has 0 radical (unpaired) electrons. The van der Waals surface area contributed by atoms with E-state index in [4.69, 9.17) is 9.47 Å². The molecule has 0 bridgehead atoms. The Bertz CT molecular complexity index is 206. The second-order valence-corrected chi connectivity index (χ2v) is 5.03. The number of nitrogens with one attached hydrogen (secondary N) is 1. The van der Waals surface area contributed by atoms with Crippen molar-refractivity contribution in [1.82, 2.24) is 5.32 Å². The van der Waals surface area contributed by atoms with Gasteiger partial charge in [0.05, 0.1) is 25.4 Å². The molecular weight excluding hydrogens is 194 g/mol. The number of ether oxygens (including phenoxy) is 2. The first-order chi connectivity index (χ1) is 7.07.